The molecule has 1 aromatic rings. The number of nitrogens with zero attached hydrogens (tertiary/aromatic N) is 2. The van der Waals surface area contributed by atoms with Gasteiger partial charge in [0, 0.05) is 25.1 Å². The Morgan fingerprint density at radius 1 is 1.48 bits per heavy atom. The fourth-order valence-electron chi connectivity index (χ4n) is 3.42. The number of carbonyl (C=O) groups is 1. The molecule has 0 radical (unpaired) electrons. The van der Waals surface area contributed by atoms with E-state index in [1.54, 1.807) is 19.1 Å². The standard InChI is InChI=1S/C18H27N3O4/c1-3-17(22)16-8-4-5-11-20(16)12-10-18(23)19-14-7-6-9-15(13(14)2)21(24)25/h6-7,9,16-17,22H,3-5,8,10-12H2,1-2H3,(H,19,23)/t16-,17+/m0/s1. The van der Waals surface area contributed by atoms with Crippen molar-refractivity contribution in [3.63, 3.8) is 0 Å². The molecule has 1 heterocycles. The van der Waals surface area contributed by atoms with E-state index >= 15 is 0 Å². The molecule has 7 heteroatoms. The van der Waals surface area contributed by atoms with Crippen LogP contribution in [0.5, 0.6) is 0 Å². The second-order valence-electron chi connectivity index (χ2n) is 6.58. The van der Waals surface area contributed by atoms with E-state index in [0.29, 0.717) is 30.6 Å². The number of anilines is 1. The highest BCUT2D eigenvalue weighted by atomic mass is 16.6. The van der Waals surface area contributed by atoms with Crippen molar-refractivity contribution in [2.75, 3.05) is 18.4 Å². The Kier molecular flexibility index (Phi) is 6.90. The van der Waals surface area contributed by atoms with Crippen LogP contribution in [0.1, 0.15) is 44.6 Å². The zero-order valence-corrected chi connectivity index (χ0v) is 14.9. The van der Waals surface area contributed by atoms with Crippen LogP contribution < -0.4 is 5.32 Å². The number of nitro groups is 1. The van der Waals surface area contributed by atoms with E-state index in [0.717, 1.165) is 25.8 Å². The zero-order valence-electron chi connectivity index (χ0n) is 14.9. The summed E-state index contributed by atoms with van der Waals surface area (Å²) < 4.78 is 0. The van der Waals surface area contributed by atoms with E-state index in [-0.39, 0.29) is 23.7 Å². The topological polar surface area (TPSA) is 95.7 Å². The number of aliphatic hydroxyl groups is 1. The Bertz CT molecular complexity index is 620. The summed E-state index contributed by atoms with van der Waals surface area (Å²) in [5.74, 6) is -0.168. The van der Waals surface area contributed by atoms with Crippen molar-refractivity contribution in [1.29, 1.82) is 0 Å². The third kappa shape index (κ3) is 4.99. The number of amides is 1. The van der Waals surface area contributed by atoms with E-state index < -0.39 is 4.92 Å². The number of likely N-dealkylation sites (tertiary alicyclic amines) is 1. The first-order chi connectivity index (χ1) is 11.9. The Balaban J connectivity index is 1.94. The molecule has 2 N–H and O–H groups in total. The molecule has 25 heavy (non-hydrogen) atoms. The van der Waals surface area contributed by atoms with Crippen LogP contribution in [0.25, 0.3) is 0 Å². The Hall–Kier alpha value is -1.99. The summed E-state index contributed by atoms with van der Waals surface area (Å²) in [6.07, 6.45) is 3.80. The van der Waals surface area contributed by atoms with Gasteiger partial charge in [0.05, 0.1) is 22.3 Å². The highest BCUT2D eigenvalue weighted by Gasteiger charge is 2.27. The molecule has 1 amide bonds. The van der Waals surface area contributed by atoms with Gasteiger partial charge in [-0.05, 0) is 38.8 Å². The molecule has 0 aliphatic carbocycles. The number of hydrogen-bond donors (Lipinski definition) is 2. The highest BCUT2D eigenvalue weighted by molar-refractivity contribution is 5.92. The molecule has 0 spiro atoms. The smallest absolute Gasteiger partial charge is 0.274 e. The SMILES string of the molecule is CC[C@@H](O)[C@@H]1CCCCN1CCC(=O)Nc1cccc([N+](=O)[O-])c1C. The van der Waals surface area contributed by atoms with Gasteiger partial charge in [-0.15, -0.1) is 0 Å². The number of nitro benzene ring substituents is 1. The molecule has 0 aromatic heterocycles. The molecule has 1 saturated heterocycles. The van der Waals surface area contributed by atoms with Gasteiger partial charge in [-0.2, -0.15) is 0 Å². The van der Waals surface area contributed by atoms with Crippen molar-refractivity contribution in [2.45, 2.75) is 58.1 Å². The van der Waals surface area contributed by atoms with Crippen molar-refractivity contribution in [3.05, 3.63) is 33.9 Å². The van der Waals surface area contributed by atoms with Crippen molar-refractivity contribution in [1.82, 2.24) is 4.90 Å². The van der Waals surface area contributed by atoms with Crippen LogP contribution >= 0.6 is 0 Å². The lowest BCUT2D eigenvalue weighted by Crippen LogP contribution is -2.47. The molecule has 1 aromatic carbocycles. The van der Waals surface area contributed by atoms with Crippen LogP contribution in [0.3, 0.4) is 0 Å². The number of carbonyl (C=O) groups excluding carboxylic acids is 1. The predicted octanol–water partition coefficient (Wildman–Crippen LogP) is 2.86. The third-order valence-corrected chi connectivity index (χ3v) is 4.93. The average Bonchev–Trinajstić information content (AvgIpc) is 2.61. The molecule has 1 aliphatic rings. The second-order valence-corrected chi connectivity index (χ2v) is 6.58. The van der Waals surface area contributed by atoms with Gasteiger partial charge in [0.2, 0.25) is 5.91 Å². The summed E-state index contributed by atoms with van der Waals surface area (Å²) in [4.78, 5) is 25.0. The summed E-state index contributed by atoms with van der Waals surface area (Å²) in [5, 5.41) is 23.9. The number of benzene rings is 1. The summed E-state index contributed by atoms with van der Waals surface area (Å²) in [6, 6.07) is 4.78. The molecular formula is C18H27N3O4. The minimum absolute atomic E-state index is 0.0000346. The van der Waals surface area contributed by atoms with E-state index in [1.807, 2.05) is 6.92 Å². The number of nitrogens with one attached hydrogen (secondary N) is 1. The van der Waals surface area contributed by atoms with E-state index in [1.165, 1.54) is 6.07 Å². The fourth-order valence-corrected chi connectivity index (χ4v) is 3.42. The minimum atomic E-state index is -0.449. The fraction of sp³-hybridized carbons (Fsp3) is 0.611. The summed E-state index contributed by atoms with van der Waals surface area (Å²) in [6.45, 7) is 5.08. The van der Waals surface area contributed by atoms with Crippen LogP contribution in [0.2, 0.25) is 0 Å². The first-order valence-electron chi connectivity index (χ1n) is 8.90. The lowest BCUT2D eigenvalue weighted by atomic mass is 9.95. The largest absolute Gasteiger partial charge is 0.392 e. The minimum Gasteiger partial charge on any atom is -0.392 e. The van der Waals surface area contributed by atoms with Gasteiger partial charge < -0.3 is 10.4 Å². The van der Waals surface area contributed by atoms with E-state index in [9.17, 15) is 20.0 Å². The second kappa shape index (κ2) is 8.92. The Morgan fingerprint density at radius 2 is 2.24 bits per heavy atom. The van der Waals surface area contributed by atoms with Crippen molar-refractivity contribution in [2.24, 2.45) is 0 Å². The van der Waals surface area contributed by atoms with Crippen LogP contribution in [0.4, 0.5) is 11.4 Å². The van der Waals surface area contributed by atoms with Gasteiger partial charge in [0.25, 0.3) is 5.69 Å². The quantitative estimate of drug-likeness (QED) is 0.583. The molecule has 2 atom stereocenters. The molecule has 7 nitrogen and oxygen atoms in total. The summed E-state index contributed by atoms with van der Waals surface area (Å²) in [7, 11) is 0. The molecule has 2 rings (SSSR count). The van der Waals surface area contributed by atoms with Gasteiger partial charge in [0.15, 0.2) is 0 Å². The lowest BCUT2D eigenvalue weighted by molar-refractivity contribution is -0.385. The molecule has 1 fully saturated rings. The first kappa shape index (κ1) is 19.3. The molecular weight excluding hydrogens is 322 g/mol. The first-order valence-corrected chi connectivity index (χ1v) is 8.90. The van der Waals surface area contributed by atoms with Gasteiger partial charge in [0.1, 0.15) is 0 Å². The van der Waals surface area contributed by atoms with Crippen molar-refractivity contribution >= 4 is 17.3 Å². The molecule has 0 bridgehead atoms. The molecule has 138 valence electrons. The van der Waals surface area contributed by atoms with Crippen LogP contribution in [0.15, 0.2) is 18.2 Å². The third-order valence-electron chi connectivity index (χ3n) is 4.93. The molecule has 0 unspecified atom stereocenters. The molecule has 0 saturated carbocycles. The van der Waals surface area contributed by atoms with Gasteiger partial charge >= 0.3 is 0 Å². The van der Waals surface area contributed by atoms with Crippen LogP contribution in [-0.4, -0.2) is 46.1 Å². The maximum atomic E-state index is 12.3. The number of hydrogen-bond acceptors (Lipinski definition) is 5. The molecule has 1 aliphatic heterocycles. The lowest BCUT2D eigenvalue weighted by Gasteiger charge is -2.38. The van der Waals surface area contributed by atoms with E-state index in [4.69, 9.17) is 0 Å². The average molecular weight is 349 g/mol. The maximum absolute atomic E-state index is 12.3. The van der Waals surface area contributed by atoms with Crippen molar-refractivity contribution in [3.8, 4) is 0 Å². The van der Waals surface area contributed by atoms with Gasteiger partial charge in [-0.3, -0.25) is 19.8 Å². The Labute approximate surface area is 148 Å². The number of rotatable bonds is 7. The van der Waals surface area contributed by atoms with Crippen molar-refractivity contribution < 1.29 is 14.8 Å². The van der Waals surface area contributed by atoms with Gasteiger partial charge in [-0.25, -0.2) is 0 Å². The van der Waals surface area contributed by atoms with E-state index in [2.05, 4.69) is 10.2 Å². The highest BCUT2D eigenvalue weighted by Crippen LogP contribution is 2.25. The maximum Gasteiger partial charge on any atom is 0.274 e. The number of aliphatic hydroxyl groups excluding tert-OH is 1. The normalized spacial score (nSPS) is 19.4. The predicted molar refractivity (Wildman–Crippen MR) is 96.6 cm³/mol. The summed E-state index contributed by atoms with van der Waals surface area (Å²) >= 11 is 0. The van der Waals surface area contributed by atoms with Crippen LogP contribution in [0, 0.1) is 17.0 Å². The summed E-state index contributed by atoms with van der Waals surface area (Å²) in [5.41, 5.74) is 0.932. The monoisotopic (exact) mass is 349 g/mol. The Morgan fingerprint density at radius 3 is 2.92 bits per heavy atom. The number of piperidine rings is 1. The van der Waals surface area contributed by atoms with Crippen LogP contribution in [-0.2, 0) is 4.79 Å². The van der Waals surface area contributed by atoms with Gasteiger partial charge in [-0.1, -0.05) is 19.4 Å². The zero-order chi connectivity index (χ0) is 18.4.